The van der Waals surface area contributed by atoms with Crippen molar-refractivity contribution in [3.05, 3.63) is 29.6 Å². The van der Waals surface area contributed by atoms with Crippen LogP contribution in [0.4, 0.5) is 0 Å². The van der Waals surface area contributed by atoms with Crippen molar-refractivity contribution in [1.82, 2.24) is 4.98 Å². The van der Waals surface area contributed by atoms with Gasteiger partial charge in [-0.3, -0.25) is 4.98 Å². The quantitative estimate of drug-likeness (QED) is 0.651. The Morgan fingerprint density at radius 3 is 2.60 bits per heavy atom. The Bertz CT molecular complexity index is 357. The Kier molecular flexibility index (Phi) is 3.34. The Balaban J connectivity index is 2.23. The summed E-state index contributed by atoms with van der Waals surface area (Å²) in [6.07, 6.45) is 9.45. The molecule has 2 nitrogen and oxygen atoms in total. The highest BCUT2D eigenvalue weighted by Gasteiger charge is 2.18. The molecular weight excluding hydrogens is 184 g/mol. The number of nitriles is 1. The maximum atomic E-state index is 9.03. The fraction of sp³-hybridized carbons (Fsp3) is 0.538. The van der Waals surface area contributed by atoms with Crippen molar-refractivity contribution in [2.24, 2.45) is 0 Å². The van der Waals surface area contributed by atoms with Crippen LogP contribution in [0.2, 0.25) is 0 Å². The van der Waals surface area contributed by atoms with Crippen LogP contribution in [0.25, 0.3) is 0 Å². The number of hydrogen-bond acceptors (Lipinski definition) is 2. The summed E-state index contributed by atoms with van der Waals surface area (Å²) in [6, 6.07) is 5.98. The SMILES string of the molecule is N#Cc1cccnc1C1CCCCCC1. The molecule has 1 aliphatic rings. The smallest absolute Gasteiger partial charge is 0.101 e. The second-order valence-corrected chi connectivity index (χ2v) is 4.24. The average Bonchev–Trinajstić information content (AvgIpc) is 2.57. The second kappa shape index (κ2) is 4.93. The molecule has 0 saturated heterocycles. The number of nitrogens with zero attached hydrogens (tertiary/aromatic N) is 2. The standard InChI is InChI=1S/C13H16N2/c14-10-12-8-5-9-15-13(12)11-6-3-1-2-4-7-11/h5,8-9,11H,1-4,6-7H2. The van der Waals surface area contributed by atoms with E-state index in [4.69, 9.17) is 5.26 Å². The zero-order chi connectivity index (χ0) is 10.5. The molecule has 1 fully saturated rings. The summed E-state index contributed by atoms with van der Waals surface area (Å²) in [5.74, 6) is 0.517. The summed E-state index contributed by atoms with van der Waals surface area (Å²) < 4.78 is 0. The minimum absolute atomic E-state index is 0.517. The van der Waals surface area contributed by atoms with Crippen LogP contribution in [-0.2, 0) is 0 Å². The predicted octanol–water partition coefficient (Wildman–Crippen LogP) is 3.39. The van der Waals surface area contributed by atoms with E-state index in [1.165, 1.54) is 38.5 Å². The van der Waals surface area contributed by atoms with Gasteiger partial charge in [0.05, 0.1) is 11.3 Å². The van der Waals surface area contributed by atoms with Gasteiger partial charge in [-0.05, 0) is 25.0 Å². The van der Waals surface area contributed by atoms with Crippen LogP contribution in [0.15, 0.2) is 18.3 Å². The molecule has 0 spiro atoms. The van der Waals surface area contributed by atoms with Crippen molar-refractivity contribution in [3.63, 3.8) is 0 Å². The van der Waals surface area contributed by atoms with Gasteiger partial charge in [-0.2, -0.15) is 5.26 Å². The van der Waals surface area contributed by atoms with E-state index in [2.05, 4.69) is 11.1 Å². The molecule has 0 radical (unpaired) electrons. The van der Waals surface area contributed by atoms with E-state index in [1.54, 1.807) is 6.20 Å². The molecule has 15 heavy (non-hydrogen) atoms. The summed E-state index contributed by atoms with van der Waals surface area (Å²) in [5, 5.41) is 9.03. The van der Waals surface area contributed by atoms with Crippen LogP contribution in [0.3, 0.4) is 0 Å². The molecule has 0 N–H and O–H groups in total. The van der Waals surface area contributed by atoms with Crippen molar-refractivity contribution in [2.45, 2.75) is 44.4 Å². The molecular formula is C13H16N2. The fourth-order valence-electron chi connectivity index (χ4n) is 2.39. The molecule has 0 bridgehead atoms. The zero-order valence-corrected chi connectivity index (χ0v) is 8.95. The lowest BCUT2D eigenvalue weighted by Gasteiger charge is -2.14. The third-order valence-electron chi connectivity index (χ3n) is 3.20. The molecule has 0 atom stereocenters. The Morgan fingerprint density at radius 1 is 1.20 bits per heavy atom. The summed E-state index contributed by atoms with van der Waals surface area (Å²) in [6.45, 7) is 0. The van der Waals surface area contributed by atoms with Gasteiger partial charge in [-0.1, -0.05) is 25.7 Å². The van der Waals surface area contributed by atoms with Crippen molar-refractivity contribution in [1.29, 1.82) is 5.26 Å². The van der Waals surface area contributed by atoms with Crippen LogP contribution >= 0.6 is 0 Å². The molecule has 1 heterocycles. The lowest BCUT2D eigenvalue weighted by molar-refractivity contribution is 0.576. The maximum absolute atomic E-state index is 9.03. The van der Waals surface area contributed by atoms with Crippen molar-refractivity contribution < 1.29 is 0 Å². The minimum atomic E-state index is 0.517. The van der Waals surface area contributed by atoms with Gasteiger partial charge in [0.15, 0.2) is 0 Å². The monoisotopic (exact) mass is 200 g/mol. The first-order valence-electron chi connectivity index (χ1n) is 5.77. The molecule has 2 heteroatoms. The van der Waals surface area contributed by atoms with E-state index in [0.717, 1.165) is 11.3 Å². The van der Waals surface area contributed by atoms with Crippen molar-refractivity contribution >= 4 is 0 Å². The van der Waals surface area contributed by atoms with Gasteiger partial charge in [0.1, 0.15) is 6.07 Å². The largest absolute Gasteiger partial charge is 0.260 e. The van der Waals surface area contributed by atoms with Gasteiger partial charge < -0.3 is 0 Å². The molecule has 78 valence electrons. The van der Waals surface area contributed by atoms with Crippen molar-refractivity contribution in [3.8, 4) is 6.07 Å². The van der Waals surface area contributed by atoms with Gasteiger partial charge in [0.2, 0.25) is 0 Å². The van der Waals surface area contributed by atoms with Crippen LogP contribution < -0.4 is 0 Å². The summed E-state index contributed by atoms with van der Waals surface area (Å²) in [4.78, 5) is 4.39. The Hall–Kier alpha value is -1.36. The highest BCUT2D eigenvalue weighted by Crippen LogP contribution is 2.31. The van der Waals surface area contributed by atoms with E-state index in [-0.39, 0.29) is 0 Å². The third kappa shape index (κ3) is 2.36. The second-order valence-electron chi connectivity index (χ2n) is 4.24. The molecule has 1 aromatic rings. The molecule has 0 amide bonds. The molecule has 1 saturated carbocycles. The van der Waals surface area contributed by atoms with Crippen LogP contribution in [0.5, 0.6) is 0 Å². The summed E-state index contributed by atoms with van der Waals surface area (Å²) in [7, 11) is 0. The first-order chi connectivity index (χ1) is 7.42. The van der Waals surface area contributed by atoms with Crippen LogP contribution in [0.1, 0.15) is 55.7 Å². The van der Waals surface area contributed by atoms with Crippen LogP contribution in [0, 0.1) is 11.3 Å². The van der Waals surface area contributed by atoms with Gasteiger partial charge in [0.25, 0.3) is 0 Å². The van der Waals surface area contributed by atoms with E-state index < -0.39 is 0 Å². The number of pyridine rings is 1. The summed E-state index contributed by atoms with van der Waals surface area (Å²) >= 11 is 0. The van der Waals surface area contributed by atoms with Gasteiger partial charge in [0, 0.05) is 12.1 Å². The molecule has 2 rings (SSSR count). The highest BCUT2D eigenvalue weighted by atomic mass is 14.7. The number of hydrogen-bond donors (Lipinski definition) is 0. The lowest BCUT2D eigenvalue weighted by Crippen LogP contribution is -2.03. The maximum Gasteiger partial charge on any atom is 0.101 e. The van der Waals surface area contributed by atoms with Crippen molar-refractivity contribution in [2.75, 3.05) is 0 Å². The molecule has 0 unspecified atom stereocenters. The minimum Gasteiger partial charge on any atom is -0.260 e. The van der Waals surface area contributed by atoms with Gasteiger partial charge in [-0.25, -0.2) is 0 Å². The van der Waals surface area contributed by atoms with Gasteiger partial charge >= 0.3 is 0 Å². The summed E-state index contributed by atoms with van der Waals surface area (Å²) in [5.41, 5.74) is 1.80. The first-order valence-corrected chi connectivity index (χ1v) is 5.77. The molecule has 1 aromatic heterocycles. The number of aromatic nitrogens is 1. The van der Waals surface area contributed by atoms with Crippen LogP contribution in [-0.4, -0.2) is 4.98 Å². The Labute approximate surface area is 91.0 Å². The molecule has 0 aliphatic heterocycles. The van der Waals surface area contributed by atoms with E-state index in [0.29, 0.717) is 5.92 Å². The first kappa shape index (κ1) is 10.2. The Morgan fingerprint density at radius 2 is 1.93 bits per heavy atom. The van der Waals surface area contributed by atoms with E-state index in [9.17, 15) is 0 Å². The third-order valence-corrected chi connectivity index (χ3v) is 3.20. The lowest BCUT2D eigenvalue weighted by atomic mass is 9.93. The zero-order valence-electron chi connectivity index (χ0n) is 8.95. The average molecular weight is 200 g/mol. The molecule has 1 aliphatic carbocycles. The fourth-order valence-corrected chi connectivity index (χ4v) is 2.39. The van der Waals surface area contributed by atoms with E-state index >= 15 is 0 Å². The van der Waals surface area contributed by atoms with E-state index in [1.807, 2.05) is 12.1 Å². The highest BCUT2D eigenvalue weighted by molar-refractivity contribution is 5.34. The van der Waals surface area contributed by atoms with Gasteiger partial charge in [-0.15, -0.1) is 0 Å². The molecule has 0 aromatic carbocycles. The predicted molar refractivity (Wildman–Crippen MR) is 59.4 cm³/mol. The number of rotatable bonds is 1. The topological polar surface area (TPSA) is 36.7 Å². The normalized spacial score (nSPS) is 18.1.